The van der Waals surface area contributed by atoms with E-state index in [1.165, 1.54) is 0 Å². The average molecular weight is 454 g/mol. The van der Waals surface area contributed by atoms with Gasteiger partial charge in [0.15, 0.2) is 0 Å². The number of pyridine rings is 1. The number of H-pyrrole nitrogens is 1. The van der Waals surface area contributed by atoms with Gasteiger partial charge in [-0.05, 0) is 37.1 Å². The highest BCUT2D eigenvalue weighted by molar-refractivity contribution is 6.30. The number of carbonyl (C=O) groups is 2. The summed E-state index contributed by atoms with van der Waals surface area (Å²) in [5, 5.41) is 4.57. The van der Waals surface area contributed by atoms with Crippen molar-refractivity contribution in [3.05, 3.63) is 53.3 Å². The van der Waals surface area contributed by atoms with E-state index in [0.29, 0.717) is 37.6 Å². The zero-order valence-corrected chi connectivity index (χ0v) is 19.2. The van der Waals surface area contributed by atoms with Gasteiger partial charge in [0, 0.05) is 50.0 Å². The van der Waals surface area contributed by atoms with Crippen molar-refractivity contribution in [1.82, 2.24) is 14.9 Å². The van der Waals surface area contributed by atoms with Crippen LogP contribution in [0, 0.1) is 0 Å². The van der Waals surface area contributed by atoms with Gasteiger partial charge in [-0.3, -0.25) is 9.59 Å². The summed E-state index contributed by atoms with van der Waals surface area (Å²) < 4.78 is 0. The minimum atomic E-state index is -0.212. The van der Waals surface area contributed by atoms with E-state index in [9.17, 15) is 9.59 Å². The van der Waals surface area contributed by atoms with Gasteiger partial charge in [-0.1, -0.05) is 30.7 Å². The fraction of sp³-hybridized carbons (Fsp3) is 0.375. The summed E-state index contributed by atoms with van der Waals surface area (Å²) in [5.41, 5.74) is 3.47. The number of nitrogens with one attached hydrogen (secondary N) is 2. The van der Waals surface area contributed by atoms with Crippen LogP contribution in [0.2, 0.25) is 5.02 Å². The number of carbonyl (C=O) groups excluding carboxylic acids is 2. The van der Waals surface area contributed by atoms with E-state index in [-0.39, 0.29) is 17.7 Å². The number of benzene rings is 1. The Balaban J connectivity index is 1.47. The van der Waals surface area contributed by atoms with Gasteiger partial charge in [0.1, 0.15) is 5.65 Å². The van der Waals surface area contributed by atoms with Crippen LogP contribution in [0.15, 0.2) is 42.7 Å². The van der Waals surface area contributed by atoms with Crippen LogP contribution in [0.25, 0.3) is 11.0 Å². The molecule has 1 aliphatic rings. The molecule has 0 bridgehead atoms. The number of hydrogen-bond donors (Lipinski definition) is 2. The van der Waals surface area contributed by atoms with Crippen molar-refractivity contribution in [3.63, 3.8) is 0 Å². The standard InChI is InChI=1S/C24H28ClN5O2/c1-3-4-21(31)28-19-15-27-23-22(19)20(9-10-26-23)29-11-13-30(14-12-29)24(32)16(2)17-5-7-18(25)8-6-17/h5-10,15-16H,3-4,11-14H2,1-2H3,(H,26,27)(H,28,31)/t16-/m0/s1. The van der Waals surface area contributed by atoms with E-state index in [1.807, 2.05) is 49.1 Å². The maximum Gasteiger partial charge on any atom is 0.229 e. The molecule has 2 N–H and O–H groups in total. The van der Waals surface area contributed by atoms with E-state index < -0.39 is 0 Å². The van der Waals surface area contributed by atoms with E-state index in [2.05, 4.69) is 20.2 Å². The topological polar surface area (TPSA) is 81.3 Å². The van der Waals surface area contributed by atoms with E-state index in [0.717, 1.165) is 34.4 Å². The number of amides is 2. The molecule has 7 nitrogen and oxygen atoms in total. The summed E-state index contributed by atoms with van der Waals surface area (Å²) in [5.74, 6) is -0.0904. The lowest BCUT2D eigenvalue weighted by Crippen LogP contribution is -2.49. The highest BCUT2D eigenvalue weighted by atomic mass is 35.5. The average Bonchev–Trinajstić information content (AvgIpc) is 3.22. The number of anilines is 2. The molecule has 2 aromatic heterocycles. The second kappa shape index (κ2) is 9.61. The molecule has 1 saturated heterocycles. The Bertz CT molecular complexity index is 1100. The highest BCUT2D eigenvalue weighted by Gasteiger charge is 2.27. The molecular weight excluding hydrogens is 426 g/mol. The molecule has 8 heteroatoms. The lowest BCUT2D eigenvalue weighted by Gasteiger charge is -2.37. The van der Waals surface area contributed by atoms with Crippen LogP contribution in [0.5, 0.6) is 0 Å². The molecule has 168 valence electrons. The molecule has 1 atom stereocenters. The van der Waals surface area contributed by atoms with Gasteiger partial charge < -0.3 is 20.1 Å². The SMILES string of the molecule is CCCC(=O)Nc1c[nH]c2nccc(N3CCN(C(=O)[C@@H](C)c4ccc(Cl)cc4)CC3)c12. The third kappa shape index (κ3) is 4.58. The van der Waals surface area contributed by atoms with Crippen molar-refractivity contribution in [2.75, 3.05) is 36.4 Å². The summed E-state index contributed by atoms with van der Waals surface area (Å²) in [6.45, 7) is 6.63. The lowest BCUT2D eigenvalue weighted by atomic mass is 9.99. The minimum absolute atomic E-state index is 0.00481. The molecule has 2 amide bonds. The minimum Gasteiger partial charge on any atom is -0.367 e. The Morgan fingerprint density at radius 3 is 2.56 bits per heavy atom. The Hall–Kier alpha value is -3.06. The van der Waals surface area contributed by atoms with Crippen molar-refractivity contribution < 1.29 is 9.59 Å². The molecule has 0 unspecified atom stereocenters. The molecule has 1 aromatic carbocycles. The fourth-order valence-electron chi connectivity index (χ4n) is 4.18. The third-order valence-corrected chi connectivity index (χ3v) is 6.23. The van der Waals surface area contributed by atoms with Gasteiger partial charge in [0.25, 0.3) is 0 Å². The zero-order valence-electron chi connectivity index (χ0n) is 18.4. The summed E-state index contributed by atoms with van der Waals surface area (Å²) in [6.07, 6.45) is 4.84. The molecule has 32 heavy (non-hydrogen) atoms. The van der Waals surface area contributed by atoms with Crippen LogP contribution < -0.4 is 10.2 Å². The predicted octanol–water partition coefficient (Wildman–Crippen LogP) is 4.41. The fourth-order valence-corrected chi connectivity index (χ4v) is 4.30. The van der Waals surface area contributed by atoms with E-state index in [1.54, 1.807) is 12.4 Å². The summed E-state index contributed by atoms with van der Waals surface area (Å²) >= 11 is 5.98. The van der Waals surface area contributed by atoms with Crippen molar-refractivity contribution in [2.24, 2.45) is 0 Å². The molecule has 0 radical (unpaired) electrons. The van der Waals surface area contributed by atoms with Gasteiger partial charge >= 0.3 is 0 Å². The Labute approximate surface area is 192 Å². The number of halogens is 1. The van der Waals surface area contributed by atoms with Crippen LogP contribution in [0.4, 0.5) is 11.4 Å². The van der Waals surface area contributed by atoms with E-state index >= 15 is 0 Å². The van der Waals surface area contributed by atoms with Crippen LogP contribution in [-0.4, -0.2) is 52.9 Å². The van der Waals surface area contributed by atoms with Crippen molar-refractivity contribution in [1.29, 1.82) is 0 Å². The second-order valence-corrected chi connectivity index (χ2v) is 8.58. The van der Waals surface area contributed by atoms with Gasteiger partial charge in [-0.2, -0.15) is 0 Å². The quantitative estimate of drug-likeness (QED) is 0.579. The predicted molar refractivity (Wildman–Crippen MR) is 128 cm³/mol. The van der Waals surface area contributed by atoms with Gasteiger partial charge in [-0.25, -0.2) is 4.98 Å². The summed E-state index contributed by atoms with van der Waals surface area (Å²) in [7, 11) is 0. The van der Waals surface area contributed by atoms with Gasteiger partial charge in [0.05, 0.1) is 22.7 Å². The Morgan fingerprint density at radius 1 is 1.16 bits per heavy atom. The van der Waals surface area contributed by atoms with Crippen LogP contribution in [-0.2, 0) is 9.59 Å². The normalized spacial score (nSPS) is 15.1. The monoisotopic (exact) mass is 453 g/mol. The summed E-state index contributed by atoms with van der Waals surface area (Å²) in [6, 6.07) is 9.44. The number of aromatic nitrogens is 2. The lowest BCUT2D eigenvalue weighted by molar-refractivity contribution is -0.132. The van der Waals surface area contributed by atoms with Gasteiger partial charge in [0.2, 0.25) is 11.8 Å². The molecular formula is C24H28ClN5O2. The number of fused-ring (bicyclic) bond motifs is 1. The second-order valence-electron chi connectivity index (χ2n) is 8.14. The molecule has 1 aliphatic heterocycles. The van der Waals surface area contributed by atoms with E-state index in [4.69, 9.17) is 11.6 Å². The first-order valence-electron chi connectivity index (χ1n) is 11.0. The smallest absolute Gasteiger partial charge is 0.229 e. The van der Waals surface area contributed by atoms with Crippen molar-refractivity contribution in [3.8, 4) is 0 Å². The first kappa shape index (κ1) is 22.1. The number of hydrogen-bond acceptors (Lipinski definition) is 4. The number of piperazine rings is 1. The molecule has 3 heterocycles. The number of rotatable bonds is 6. The molecule has 0 spiro atoms. The molecule has 3 aromatic rings. The Kier molecular flexibility index (Phi) is 6.65. The summed E-state index contributed by atoms with van der Waals surface area (Å²) in [4.78, 5) is 36.9. The number of aromatic amines is 1. The molecule has 0 saturated carbocycles. The Morgan fingerprint density at radius 2 is 1.88 bits per heavy atom. The van der Waals surface area contributed by atoms with Crippen LogP contribution in [0.1, 0.15) is 38.2 Å². The third-order valence-electron chi connectivity index (χ3n) is 5.98. The molecule has 4 rings (SSSR count). The molecule has 1 fully saturated rings. The van der Waals surface area contributed by atoms with Crippen molar-refractivity contribution in [2.45, 2.75) is 32.6 Å². The van der Waals surface area contributed by atoms with Crippen LogP contribution >= 0.6 is 11.6 Å². The number of nitrogens with zero attached hydrogens (tertiary/aromatic N) is 3. The van der Waals surface area contributed by atoms with Gasteiger partial charge in [-0.15, -0.1) is 0 Å². The largest absolute Gasteiger partial charge is 0.367 e. The zero-order chi connectivity index (χ0) is 22.7. The van der Waals surface area contributed by atoms with Crippen molar-refractivity contribution >= 4 is 45.8 Å². The highest BCUT2D eigenvalue weighted by Crippen LogP contribution is 2.33. The first-order chi connectivity index (χ1) is 15.5. The first-order valence-corrected chi connectivity index (χ1v) is 11.4. The maximum absolute atomic E-state index is 13.0. The van der Waals surface area contributed by atoms with Crippen LogP contribution in [0.3, 0.4) is 0 Å². The molecule has 0 aliphatic carbocycles. The maximum atomic E-state index is 13.0.